The van der Waals surface area contributed by atoms with Crippen molar-refractivity contribution in [3.63, 3.8) is 0 Å². The fraction of sp³-hybridized carbons (Fsp3) is 0.750. The molecule has 15 heavy (non-hydrogen) atoms. The molecule has 1 aliphatic carbocycles. The summed E-state index contributed by atoms with van der Waals surface area (Å²) < 4.78 is 10.2. The zero-order valence-corrected chi connectivity index (χ0v) is 9.62. The molecule has 0 atom stereocenters. The van der Waals surface area contributed by atoms with Gasteiger partial charge in [0.05, 0.1) is 0 Å². The van der Waals surface area contributed by atoms with Crippen LogP contribution in [0.4, 0.5) is 0 Å². The van der Waals surface area contributed by atoms with E-state index in [0.717, 1.165) is 38.5 Å². The Labute approximate surface area is 91.4 Å². The lowest BCUT2D eigenvalue weighted by Crippen LogP contribution is -2.12. The van der Waals surface area contributed by atoms with Crippen molar-refractivity contribution in [1.29, 1.82) is 0 Å². The minimum atomic E-state index is -0.107. The molecule has 0 fully saturated rings. The molecule has 0 N–H and O–H groups in total. The van der Waals surface area contributed by atoms with Crippen molar-refractivity contribution in [2.45, 2.75) is 44.8 Å². The average molecular weight is 212 g/mol. The predicted molar refractivity (Wildman–Crippen MR) is 58.6 cm³/mol. The van der Waals surface area contributed by atoms with Gasteiger partial charge in [0.2, 0.25) is 0 Å². The molecule has 0 saturated heterocycles. The van der Waals surface area contributed by atoms with Crippen LogP contribution in [0.5, 0.6) is 0 Å². The zero-order chi connectivity index (χ0) is 11.1. The van der Waals surface area contributed by atoms with Crippen LogP contribution in [0.2, 0.25) is 0 Å². The van der Waals surface area contributed by atoms with Crippen molar-refractivity contribution in [2.75, 3.05) is 14.2 Å². The first kappa shape index (κ1) is 12.4. The van der Waals surface area contributed by atoms with E-state index in [9.17, 15) is 4.79 Å². The second-order valence-electron chi connectivity index (χ2n) is 3.92. The van der Waals surface area contributed by atoms with E-state index in [1.807, 2.05) is 6.08 Å². The standard InChI is InChI=1S/C12H20O3/c1-14-12(15-2)8-4-6-10-5-3-7-11(13)9-10/h9,12H,3-8H2,1-2H3. The normalized spacial score (nSPS) is 17.0. The Bertz CT molecular complexity index is 229. The third-order valence-corrected chi connectivity index (χ3v) is 2.75. The van der Waals surface area contributed by atoms with Crippen LogP contribution in [-0.2, 0) is 14.3 Å². The Morgan fingerprint density at radius 1 is 1.33 bits per heavy atom. The highest BCUT2D eigenvalue weighted by molar-refractivity contribution is 5.91. The molecule has 0 radical (unpaired) electrons. The molecule has 0 heterocycles. The average Bonchev–Trinajstić information content (AvgIpc) is 2.25. The maximum absolute atomic E-state index is 11.2. The molecule has 1 rings (SSSR count). The fourth-order valence-corrected chi connectivity index (χ4v) is 1.89. The summed E-state index contributed by atoms with van der Waals surface area (Å²) in [6.07, 6.45) is 7.43. The number of hydrogen-bond acceptors (Lipinski definition) is 3. The van der Waals surface area contributed by atoms with Gasteiger partial charge in [-0.1, -0.05) is 5.57 Å². The molecule has 0 amide bonds. The summed E-state index contributed by atoms with van der Waals surface area (Å²) in [5.74, 6) is 0.284. The summed E-state index contributed by atoms with van der Waals surface area (Å²) in [6, 6.07) is 0. The molecule has 0 spiro atoms. The van der Waals surface area contributed by atoms with Crippen molar-refractivity contribution < 1.29 is 14.3 Å². The molecule has 3 heteroatoms. The summed E-state index contributed by atoms with van der Waals surface area (Å²) in [5, 5.41) is 0. The molecule has 0 aliphatic heterocycles. The molecule has 1 aliphatic rings. The van der Waals surface area contributed by atoms with Gasteiger partial charge in [0, 0.05) is 20.6 Å². The molecular weight excluding hydrogens is 192 g/mol. The van der Waals surface area contributed by atoms with E-state index in [4.69, 9.17) is 9.47 Å². The van der Waals surface area contributed by atoms with E-state index in [1.54, 1.807) is 14.2 Å². The zero-order valence-electron chi connectivity index (χ0n) is 9.62. The van der Waals surface area contributed by atoms with Crippen LogP contribution >= 0.6 is 0 Å². The number of allylic oxidation sites excluding steroid dienone is 2. The monoisotopic (exact) mass is 212 g/mol. The molecule has 86 valence electrons. The van der Waals surface area contributed by atoms with Crippen LogP contribution in [-0.4, -0.2) is 26.3 Å². The Kier molecular flexibility index (Phi) is 5.58. The number of methoxy groups -OCH3 is 2. The van der Waals surface area contributed by atoms with E-state index in [2.05, 4.69) is 0 Å². The van der Waals surface area contributed by atoms with Gasteiger partial charge in [-0.05, 0) is 38.2 Å². The van der Waals surface area contributed by atoms with E-state index in [-0.39, 0.29) is 12.1 Å². The molecule has 0 aromatic rings. The quantitative estimate of drug-likeness (QED) is 0.634. The minimum absolute atomic E-state index is 0.107. The van der Waals surface area contributed by atoms with Gasteiger partial charge in [-0.25, -0.2) is 0 Å². The maximum Gasteiger partial charge on any atom is 0.156 e. The van der Waals surface area contributed by atoms with Crippen LogP contribution in [0.3, 0.4) is 0 Å². The predicted octanol–water partition coefficient (Wildman–Crippen LogP) is 2.46. The van der Waals surface area contributed by atoms with Crippen LogP contribution in [0.15, 0.2) is 11.6 Å². The van der Waals surface area contributed by atoms with Crippen LogP contribution in [0.1, 0.15) is 38.5 Å². The van der Waals surface area contributed by atoms with Gasteiger partial charge < -0.3 is 9.47 Å². The maximum atomic E-state index is 11.2. The Morgan fingerprint density at radius 3 is 2.67 bits per heavy atom. The molecule has 0 aromatic carbocycles. The van der Waals surface area contributed by atoms with E-state index >= 15 is 0 Å². The topological polar surface area (TPSA) is 35.5 Å². The van der Waals surface area contributed by atoms with Crippen LogP contribution in [0.25, 0.3) is 0 Å². The number of ether oxygens (including phenoxy) is 2. The van der Waals surface area contributed by atoms with E-state index in [1.165, 1.54) is 5.57 Å². The highest BCUT2D eigenvalue weighted by Crippen LogP contribution is 2.20. The van der Waals surface area contributed by atoms with Gasteiger partial charge in [0.1, 0.15) is 0 Å². The first-order valence-corrected chi connectivity index (χ1v) is 5.54. The summed E-state index contributed by atoms with van der Waals surface area (Å²) in [7, 11) is 3.30. The van der Waals surface area contributed by atoms with Gasteiger partial charge in [-0.15, -0.1) is 0 Å². The van der Waals surface area contributed by atoms with E-state index in [0.29, 0.717) is 0 Å². The van der Waals surface area contributed by atoms with Gasteiger partial charge in [0.25, 0.3) is 0 Å². The van der Waals surface area contributed by atoms with Crippen molar-refractivity contribution in [3.05, 3.63) is 11.6 Å². The van der Waals surface area contributed by atoms with Crippen LogP contribution < -0.4 is 0 Å². The lowest BCUT2D eigenvalue weighted by atomic mass is 9.95. The smallest absolute Gasteiger partial charge is 0.156 e. The summed E-state index contributed by atoms with van der Waals surface area (Å²) >= 11 is 0. The minimum Gasteiger partial charge on any atom is -0.356 e. The molecule has 3 nitrogen and oxygen atoms in total. The lowest BCUT2D eigenvalue weighted by Gasteiger charge is -2.15. The number of ketones is 1. The number of carbonyl (C=O) groups excluding carboxylic acids is 1. The molecule has 0 saturated carbocycles. The number of carbonyl (C=O) groups is 1. The molecule has 0 unspecified atom stereocenters. The largest absolute Gasteiger partial charge is 0.356 e. The van der Waals surface area contributed by atoms with E-state index < -0.39 is 0 Å². The first-order chi connectivity index (χ1) is 7.26. The third kappa shape index (κ3) is 4.58. The number of rotatable bonds is 6. The molecule has 0 aromatic heterocycles. The summed E-state index contributed by atoms with van der Waals surface area (Å²) in [5.41, 5.74) is 1.29. The van der Waals surface area contributed by atoms with Gasteiger partial charge in [0.15, 0.2) is 12.1 Å². The van der Waals surface area contributed by atoms with Crippen molar-refractivity contribution >= 4 is 5.78 Å². The summed E-state index contributed by atoms with van der Waals surface area (Å²) in [6.45, 7) is 0. The second-order valence-corrected chi connectivity index (χ2v) is 3.92. The SMILES string of the molecule is COC(CCCC1=CC(=O)CCC1)OC. The fourth-order valence-electron chi connectivity index (χ4n) is 1.89. The molecule has 0 bridgehead atoms. The van der Waals surface area contributed by atoms with Gasteiger partial charge >= 0.3 is 0 Å². The van der Waals surface area contributed by atoms with Gasteiger partial charge in [-0.2, -0.15) is 0 Å². The Balaban J connectivity index is 2.22. The third-order valence-electron chi connectivity index (χ3n) is 2.75. The first-order valence-electron chi connectivity index (χ1n) is 5.54. The highest BCUT2D eigenvalue weighted by Gasteiger charge is 2.10. The van der Waals surface area contributed by atoms with Gasteiger partial charge in [-0.3, -0.25) is 4.79 Å². The van der Waals surface area contributed by atoms with Crippen molar-refractivity contribution in [1.82, 2.24) is 0 Å². The van der Waals surface area contributed by atoms with Crippen LogP contribution in [0, 0.1) is 0 Å². The molecular formula is C12H20O3. The number of hydrogen-bond donors (Lipinski definition) is 0. The van der Waals surface area contributed by atoms with Crippen molar-refractivity contribution in [2.24, 2.45) is 0 Å². The Hall–Kier alpha value is -0.670. The summed E-state index contributed by atoms with van der Waals surface area (Å²) in [4.78, 5) is 11.2. The van der Waals surface area contributed by atoms with Crippen molar-refractivity contribution in [3.8, 4) is 0 Å². The second kappa shape index (κ2) is 6.75. The lowest BCUT2D eigenvalue weighted by molar-refractivity contribution is -0.115. The Morgan fingerprint density at radius 2 is 2.07 bits per heavy atom. The highest BCUT2D eigenvalue weighted by atomic mass is 16.7.